The minimum atomic E-state index is -0.379. The van der Waals surface area contributed by atoms with Crippen LogP contribution < -0.4 is 10.4 Å². The monoisotopic (exact) mass is 1060 g/mol. The van der Waals surface area contributed by atoms with Gasteiger partial charge in [-0.05, 0) is 232 Å². The zero-order valence-electron chi connectivity index (χ0n) is 48.3. The molecule has 1 unspecified atom stereocenters. The van der Waals surface area contributed by atoms with Crippen LogP contribution in [0.1, 0.15) is 63.4 Å². The average molecular weight is 1070 g/mol. The molecule has 83 heavy (non-hydrogen) atoms. The molecule has 2 aromatic heterocycles. The van der Waals surface area contributed by atoms with Gasteiger partial charge in [0.1, 0.15) is 0 Å². The molecule has 0 amide bonds. The summed E-state index contributed by atoms with van der Waals surface area (Å²) in [7, 11) is 0. The first-order valence-electron chi connectivity index (χ1n) is 29.4. The maximum absolute atomic E-state index is 2.51. The van der Waals surface area contributed by atoms with Crippen molar-refractivity contribution in [3.05, 3.63) is 315 Å². The molecule has 0 spiro atoms. The Morgan fingerprint density at radius 3 is 1.19 bits per heavy atom. The van der Waals surface area contributed by atoms with E-state index < -0.39 is 0 Å². The number of aromatic nitrogens is 2. The zero-order valence-corrected chi connectivity index (χ0v) is 48.3. The molecule has 0 N–H and O–H groups in total. The Hall–Kier alpha value is -9.76. The van der Waals surface area contributed by atoms with Gasteiger partial charge in [-0.2, -0.15) is 0 Å². The number of fused-ring (bicyclic) bond motifs is 8. The lowest BCUT2D eigenvalue weighted by molar-refractivity contribution is 0.556. The molecule has 2 heterocycles. The summed E-state index contributed by atoms with van der Waals surface area (Å²) in [6, 6.07) is 89.1. The van der Waals surface area contributed by atoms with Crippen molar-refractivity contribution in [2.45, 2.75) is 54.9 Å². The molecule has 2 nitrogen and oxygen atoms in total. The molecular formula is C81H64N2. The van der Waals surface area contributed by atoms with Gasteiger partial charge in [0.05, 0.1) is 22.1 Å². The first-order valence-corrected chi connectivity index (χ1v) is 29.4. The Morgan fingerprint density at radius 1 is 0.325 bits per heavy atom. The summed E-state index contributed by atoms with van der Waals surface area (Å²) < 4.78 is 4.88. The van der Waals surface area contributed by atoms with E-state index in [2.05, 4.69) is 306 Å². The standard InChI is InChI=1S/C81H64N2/c1-50-40-52(3)77(53(4)41-50)61-32-38-75-69(47-61)67-44-59(30-36-73(67)82(75)64-24-16-10-17-25-64)58-28-34-66-71(46-58)79(56-20-12-8-13-21-56)72-35-29-63(49-81(72,7)80(66)57-22-14-9-15-23-57)60-31-37-74-68(45-60)70-48-62(78-54(5)42-51(2)43-55(78)6)33-39-76(70)83(74)65-26-18-11-19-27-65/h8-48H,49H2,1-7H3. The van der Waals surface area contributed by atoms with Crippen LogP contribution >= 0.6 is 0 Å². The number of allylic oxidation sites excluding steroid dienone is 4. The predicted octanol–water partition coefficient (Wildman–Crippen LogP) is 19.6. The summed E-state index contributed by atoms with van der Waals surface area (Å²) in [6.07, 6.45) is 5.74. The van der Waals surface area contributed by atoms with Crippen LogP contribution in [-0.2, 0) is 0 Å². The fraction of sp³-hybridized carbons (Fsp3) is 0.111. The third-order valence-corrected chi connectivity index (χ3v) is 18.3. The van der Waals surface area contributed by atoms with Crippen molar-refractivity contribution in [2.24, 2.45) is 5.41 Å². The number of hydrogen-bond acceptors (Lipinski definition) is 0. The smallest absolute Gasteiger partial charge is 0.0541 e. The van der Waals surface area contributed by atoms with Crippen molar-refractivity contribution in [2.75, 3.05) is 0 Å². The number of rotatable bonds is 8. The fourth-order valence-electron chi connectivity index (χ4n) is 15.0. The summed E-state index contributed by atoms with van der Waals surface area (Å²) >= 11 is 0. The molecule has 0 saturated carbocycles. The average Bonchev–Trinajstić information content (AvgIpc) is 1.80. The maximum Gasteiger partial charge on any atom is 0.0541 e. The van der Waals surface area contributed by atoms with Crippen LogP contribution in [0.2, 0.25) is 0 Å². The van der Waals surface area contributed by atoms with Gasteiger partial charge in [-0.25, -0.2) is 0 Å². The molecular weight excluding hydrogens is 1000 g/mol. The molecule has 0 saturated heterocycles. The lowest BCUT2D eigenvalue weighted by Gasteiger charge is -2.42. The summed E-state index contributed by atoms with van der Waals surface area (Å²) in [5, 5.41) is 7.56. The molecule has 2 heteroatoms. The zero-order chi connectivity index (χ0) is 56.3. The maximum atomic E-state index is 2.51. The second-order valence-corrected chi connectivity index (χ2v) is 23.8. The largest absolute Gasteiger partial charge is 0.309 e. The van der Waals surface area contributed by atoms with E-state index in [9.17, 15) is 0 Å². The van der Waals surface area contributed by atoms with Crippen LogP contribution in [0, 0.1) is 47.0 Å². The molecule has 0 radical (unpaired) electrons. The second kappa shape index (κ2) is 19.5. The van der Waals surface area contributed by atoms with Gasteiger partial charge in [-0.15, -0.1) is 0 Å². The van der Waals surface area contributed by atoms with E-state index >= 15 is 0 Å². The Kier molecular flexibility index (Phi) is 11.8. The van der Waals surface area contributed by atoms with Crippen LogP contribution in [-0.4, -0.2) is 9.13 Å². The summed E-state index contributed by atoms with van der Waals surface area (Å²) in [5.74, 6) is 0. The van der Waals surface area contributed by atoms with E-state index in [1.165, 1.54) is 160 Å². The molecule has 13 aromatic rings. The van der Waals surface area contributed by atoms with Crippen LogP contribution in [0.5, 0.6) is 0 Å². The quantitative estimate of drug-likeness (QED) is 0.144. The topological polar surface area (TPSA) is 9.86 Å². The highest BCUT2D eigenvalue weighted by molar-refractivity contribution is 6.13. The van der Waals surface area contributed by atoms with Gasteiger partial charge < -0.3 is 9.13 Å². The first kappa shape index (κ1) is 50.2. The number of aryl methyl sites for hydroxylation is 6. The van der Waals surface area contributed by atoms with Crippen molar-refractivity contribution in [1.82, 2.24) is 9.13 Å². The van der Waals surface area contributed by atoms with E-state index in [1.54, 1.807) is 0 Å². The molecule has 1 atom stereocenters. The Bertz CT molecular complexity index is 4980. The van der Waals surface area contributed by atoms with Crippen molar-refractivity contribution in [3.63, 3.8) is 0 Å². The Balaban J connectivity index is 0.933. The SMILES string of the molecule is Cc1cc(C)c(-c2ccc3c(c2)c2cc(C4=CC=C5C(c6ccccc6)=c6cc(-c7ccc8c(c7)c7cc(-c9c(C)cc(C)cc9C)ccc7n8-c7ccccc7)ccc6=C(c6ccccc6)C5(C)C4)ccc2n3-c2ccccc2)c(C)c1. The number of para-hydroxylation sites is 2. The van der Waals surface area contributed by atoms with Crippen LogP contribution in [0.15, 0.2) is 254 Å². The third kappa shape index (κ3) is 8.14. The minimum absolute atomic E-state index is 0.379. The summed E-state index contributed by atoms with van der Waals surface area (Å²) in [5.41, 5.74) is 31.2. The Labute approximate surface area is 486 Å². The highest BCUT2D eigenvalue weighted by Gasteiger charge is 2.42. The van der Waals surface area contributed by atoms with Gasteiger partial charge in [0.2, 0.25) is 0 Å². The van der Waals surface area contributed by atoms with Crippen molar-refractivity contribution in [1.29, 1.82) is 0 Å². The number of benzene rings is 11. The van der Waals surface area contributed by atoms with E-state index in [0.29, 0.717) is 0 Å². The van der Waals surface area contributed by atoms with Crippen molar-refractivity contribution >= 4 is 60.3 Å². The second-order valence-electron chi connectivity index (χ2n) is 23.8. The molecule has 11 aromatic carbocycles. The van der Waals surface area contributed by atoms with Gasteiger partial charge in [-0.1, -0.05) is 188 Å². The molecule has 15 rings (SSSR count). The van der Waals surface area contributed by atoms with Crippen molar-refractivity contribution < 1.29 is 0 Å². The molecule has 0 aliphatic heterocycles. The summed E-state index contributed by atoms with van der Waals surface area (Å²) in [4.78, 5) is 0. The highest BCUT2D eigenvalue weighted by atomic mass is 15.0. The lowest BCUT2D eigenvalue weighted by atomic mass is 9.60. The van der Waals surface area contributed by atoms with Gasteiger partial charge in [-0.3, -0.25) is 0 Å². The van der Waals surface area contributed by atoms with E-state index in [1.807, 2.05) is 0 Å². The summed E-state index contributed by atoms with van der Waals surface area (Å²) in [6.45, 7) is 15.9. The van der Waals surface area contributed by atoms with Crippen LogP contribution in [0.25, 0.3) is 105 Å². The lowest BCUT2D eigenvalue weighted by Crippen LogP contribution is -2.43. The Morgan fingerprint density at radius 2 is 0.711 bits per heavy atom. The van der Waals surface area contributed by atoms with Crippen LogP contribution in [0.3, 0.4) is 0 Å². The molecule has 398 valence electrons. The number of nitrogens with zero attached hydrogens (tertiary/aromatic N) is 2. The molecule has 2 aliphatic carbocycles. The minimum Gasteiger partial charge on any atom is -0.309 e. The van der Waals surface area contributed by atoms with Crippen molar-refractivity contribution in [3.8, 4) is 44.8 Å². The first-order chi connectivity index (χ1) is 40.5. The normalized spacial score (nSPS) is 15.0. The van der Waals surface area contributed by atoms with E-state index in [4.69, 9.17) is 0 Å². The molecule has 2 aliphatic rings. The van der Waals surface area contributed by atoms with Gasteiger partial charge in [0, 0.05) is 38.3 Å². The molecule has 0 bridgehead atoms. The van der Waals surface area contributed by atoms with Crippen LogP contribution in [0.4, 0.5) is 0 Å². The fourth-order valence-corrected chi connectivity index (χ4v) is 15.0. The van der Waals surface area contributed by atoms with Gasteiger partial charge in [0.25, 0.3) is 0 Å². The molecule has 0 fully saturated rings. The highest BCUT2D eigenvalue weighted by Crippen LogP contribution is 2.54. The third-order valence-electron chi connectivity index (χ3n) is 18.3. The number of hydrogen-bond donors (Lipinski definition) is 0. The van der Waals surface area contributed by atoms with Gasteiger partial charge >= 0.3 is 0 Å². The van der Waals surface area contributed by atoms with E-state index in [-0.39, 0.29) is 5.41 Å². The predicted molar refractivity (Wildman–Crippen MR) is 352 cm³/mol. The van der Waals surface area contributed by atoms with Gasteiger partial charge in [0.15, 0.2) is 0 Å². The van der Waals surface area contributed by atoms with E-state index in [0.717, 1.165) is 17.8 Å².